The molecule has 0 spiro atoms. The molecule has 0 saturated carbocycles. The minimum atomic E-state index is -4.94. The number of hydrogen-bond donors (Lipinski definition) is 2. The second-order valence-electron chi connectivity index (χ2n) is 3.73. The molecule has 0 saturated heterocycles. The summed E-state index contributed by atoms with van der Waals surface area (Å²) in [5.74, 6) is -1.72. The van der Waals surface area contributed by atoms with Crippen molar-refractivity contribution in [2.75, 3.05) is 5.32 Å². The molecule has 1 atom stereocenters. The summed E-state index contributed by atoms with van der Waals surface area (Å²) in [4.78, 5) is 7.82. The molecule has 7 heteroatoms. The normalized spacial score (nSPS) is 22.8. The first kappa shape index (κ1) is 12.8. The number of carboxylic acid groups (broad SMARTS) is 1. The predicted molar refractivity (Wildman–Crippen MR) is 60.3 cm³/mol. The minimum Gasteiger partial charge on any atom is -0.478 e. The third-order valence-electron chi connectivity index (χ3n) is 2.56. The zero-order valence-electron chi connectivity index (χ0n) is 8.75. The van der Waals surface area contributed by atoms with Crippen LogP contribution in [0, 0.1) is 0 Å². The van der Waals surface area contributed by atoms with Crippen molar-refractivity contribution in [3.63, 3.8) is 0 Å². The first-order chi connectivity index (χ1) is 8.25. The summed E-state index contributed by atoms with van der Waals surface area (Å²) in [7, 11) is 0. The van der Waals surface area contributed by atoms with E-state index in [0.717, 1.165) is 6.08 Å². The second-order valence-corrected chi connectivity index (χ2v) is 4.30. The van der Waals surface area contributed by atoms with Crippen LogP contribution in [0.3, 0.4) is 0 Å². The highest BCUT2D eigenvalue weighted by Crippen LogP contribution is 2.46. The topological polar surface area (TPSA) is 49.3 Å². The molecule has 3 nitrogen and oxygen atoms in total. The molecule has 1 aromatic carbocycles. The standard InChI is InChI=1S/C11H7ClF3NO2/c12-10(11(13,14)15)7(9(17)18)5-6-3-1-2-4-8(6)16-10/h1-5,16H,(H,17,18). The fraction of sp³-hybridized carbons (Fsp3) is 0.182. The van der Waals surface area contributed by atoms with Crippen LogP contribution in [0.25, 0.3) is 6.08 Å². The van der Waals surface area contributed by atoms with E-state index >= 15 is 0 Å². The van der Waals surface area contributed by atoms with E-state index in [4.69, 9.17) is 16.7 Å². The molecule has 1 heterocycles. The third-order valence-corrected chi connectivity index (χ3v) is 3.07. The number of nitrogens with one attached hydrogen (secondary N) is 1. The number of benzene rings is 1. The van der Waals surface area contributed by atoms with Gasteiger partial charge in [-0.3, -0.25) is 0 Å². The monoisotopic (exact) mass is 277 g/mol. The highest BCUT2D eigenvalue weighted by Gasteiger charge is 2.59. The summed E-state index contributed by atoms with van der Waals surface area (Å²) in [5.41, 5.74) is -0.472. The van der Waals surface area contributed by atoms with Gasteiger partial charge in [-0.2, -0.15) is 13.2 Å². The van der Waals surface area contributed by atoms with Gasteiger partial charge in [-0.25, -0.2) is 4.79 Å². The maximum Gasteiger partial charge on any atom is 0.430 e. The molecule has 18 heavy (non-hydrogen) atoms. The number of carbonyl (C=O) groups is 1. The lowest BCUT2D eigenvalue weighted by Crippen LogP contribution is -2.51. The molecule has 1 unspecified atom stereocenters. The minimum absolute atomic E-state index is 0.134. The van der Waals surface area contributed by atoms with E-state index in [1.807, 2.05) is 5.32 Å². The molecular weight excluding hydrogens is 271 g/mol. The Morgan fingerprint density at radius 3 is 2.50 bits per heavy atom. The van der Waals surface area contributed by atoms with E-state index in [1.54, 1.807) is 6.07 Å². The number of aliphatic carboxylic acids is 1. The van der Waals surface area contributed by atoms with Crippen LogP contribution >= 0.6 is 11.6 Å². The third kappa shape index (κ3) is 1.82. The maximum absolute atomic E-state index is 12.9. The van der Waals surface area contributed by atoms with Gasteiger partial charge in [-0.15, -0.1) is 0 Å². The van der Waals surface area contributed by atoms with Crippen LogP contribution in [0.4, 0.5) is 18.9 Å². The van der Waals surface area contributed by atoms with Gasteiger partial charge in [0.15, 0.2) is 0 Å². The summed E-state index contributed by atoms with van der Waals surface area (Å²) in [5, 5.41) is 10.9. The molecule has 0 bridgehead atoms. The van der Waals surface area contributed by atoms with Crippen molar-refractivity contribution in [2.45, 2.75) is 11.2 Å². The summed E-state index contributed by atoms with van der Waals surface area (Å²) < 4.78 is 38.8. The van der Waals surface area contributed by atoms with E-state index in [-0.39, 0.29) is 5.69 Å². The van der Waals surface area contributed by atoms with Gasteiger partial charge in [0, 0.05) is 5.69 Å². The Hall–Kier alpha value is -1.69. The molecule has 0 fully saturated rings. The van der Waals surface area contributed by atoms with Crippen LogP contribution in [0.2, 0.25) is 0 Å². The van der Waals surface area contributed by atoms with Crippen LogP contribution in [0.15, 0.2) is 29.8 Å². The van der Waals surface area contributed by atoms with Gasteiger partial charge in [0.25, 0.3) is 0 Å². The molecule has 0 aliphatic carbocycles. The lowest BCUT2D eigenvalue weighted by Gasteiger charge is -2.35. The largest absolute Gasteiger partial charge is 0.478 e. The van der Waals surface area contributed by atoms with Crippen molar-refractivity contribution in [3.8, 4) is 0 Å². The second kappa shape index (κ2) is 3.91. The average Bonchev–Trinajstić information content (AvgIpc) is 2.26. The van der Waals surface area contributed by atoms with Crippen molar-refractivity contribution in [2.24, 2.45) is 0 Å². The first-order valence-electron chi connectivity index (χ1n) is 4.84. The van der Waals surface area contributed by atoms with Crippen LogP contribution in [0.5, 0.6) is 0 Å². The highest BCUT2D eigenvalue weighted by atomic mass is 35.5. The summed E-state index contributed by atoms with van der Waals surface area (Å²) in [6.07, 6.45) is -4.01. The van der Waals surface area contributed by atoms with Gasteiger partial charge in [0.1, 0.15) is 0 Å². The summed E-state index contributed by atoms with van der Waals surface area (Å²) in [6.45, 7) is 0. The number of para-hydroxylation sites is 1. The number of alkyl halides is 4. The van der Waals surface area contributed by atoms with Crippen LogP contribution < -0.4 is 5.32 Å². The highest BCUT2D eigenvalue weighted by molar-refractivity contribution is 6.32. The maximum atomic E-state index is 12.9. The molecule has 0 amide bonds. The molecule has 2 rings (SSSR count). The predicted octanol–water partition coefficient (Wildman–Crippen LogP) is 3.08. The average molecular weight is 278 g/mol. The van der Waals surface area contributed by atoms with E-state index in [2.05, 4.69) is 0 Å². The Morgan fingerprint density at radius 2 is 1.94 bits per heavy atom. The number of rotatable bonds is 1. The van der Waals surface area contributed by atoms with Crippen LogP contribution in [-0.4, -0.2) is 22.3 Å². The van der Waals surface area contributed by atoms with Crippen LogP contribution in [-0.2, 0) is 4.79 Å². The molecule has 2 N–H and O–H groups in total. The van der Waals surface area contributed by atoms with Gasteiger partial charge in [-0.1, -0.05) is 29.8 Å². The molecule has 1 aromatic rings. The Bertz CT molecular complexity index is 541. The smallest absolute Gasteiger partial charge is 0.430 e. The SMILES string of the molecule is O=C(O)C1=Cc2ccccc2NC1(Cl)C(F)(F)F. The Balaban J connectivity index is 2.63. The molecule has 96 valence electrons. The zero-order valence-corrected chi connectivity index (χ0v) is 9.51. The van der Waals surface area contributed by atoms with E-state index in [0.29, 0.717) is 5.56 Å². The summed E-state index contributed by atoms with van der Waals surface area (Å²) in [6, 6.07) is 6.01. The number of fused-ring (bicyclic) bond motifs is 1. The van der Waals surface area contributed by atoms with Crippen molar-refractivity contribution >= 4 is 29.3 Å². The Labute approximate surface area is 105 Å². The zero-order chi connectivity index (χ0) is 13.6. The lowest BCUT2D eigenvalue weighted by molar-refractivity contribution is -0.154. The van der Waals surface area contributed by atoms with Crippen molar-refractivity contribution in [3.05, 3.63) is 35.4 Å². The van der Waals surface area contributed by atoms with Gasteiger partial charge in [-0.05, 0) is 17.7 Å². The van der Waals surface area contributed by atoms with Gasteiger partial charge in [0.2, 0.25) is 5.00 Å². The quantitative estimate of drug-likeness (QED) is 0.613. The Morgan fingerprint density at radius 1 is 1.33 bits per heavy atom. The summed E-state index contributed by atoms with van der Waals surface area (Å²) >= 11 is 5.45. The van der Waals surface area contributed by atoms with Crippen molar-refractivity contribution in [1.29, 1.82) is 0 Å². The number of hydrogen-bond acceptors (Lipinski definition) is 2. The molecule has 1 aliphatic rings. The Kier molecular flexibility index (Phi) is 2.77. The fourth-order valence-corrected chi connectivity index (χ4v) is 1.91. The number of carboxylic acids is 1. The van der Waals surface area contributed by atoms with E-state index < -0.39 is 22.7 Å². The first-order valence-corrected chi connectivity index (χ1v) is 5.22. The molecular formula is C11H7ClF3NO2. The van der Waals surface area contributed by atoms with E-state index in [1.165, 1.54) is 18.2 Å². The number of halogens is 4. The van der Waals surface area contributed by atoms with Gasteiger partial charge >= 0.3 is 12.1 Å². The van der Waals surface area contributed by atoms with Crippen molar-refractivity contribution in [1.82, 2.24) is 0 Å². The van der Waals surface area contributed by atoms with Gasteiger partial charge in [0.05, 0.1) is 5.57 Å². The molecule has 0 radical (unpaired) electrons. The molecule has 0 aromatic heterocycles. The number of anilines is 1. The van der Waals surface area contributed by atoms with Gasteiger partial charge < -0.3 is 10.4 Å². The van der Waals surface area contributed by atoms with Crippen molar-refractivity contribution < 1.29 is 23.1 Å². The fourth-order valence-electron chi connectivity index (χ4n) is 1.68. The lowest BCUT2D eigenvalue weighted by atomic mass is 9.96. The van der Waals surface area contributed by atoms with Crippen LogP contribution in [0.1, 0.15) is 5.56 Å². The van der Waals surface area contributed by atoms with E-state index in [9.17, 15) is 18.0 Å². The molecule has 1 aliphatic heterocycles.